The third-order valence-corrected chi connectivity index (χ3v) is 3.12. The van der Waals surface area contributed by atoms with Crippen LogP contribution in [0.2, 0.25) is 5.15 Å². The topological polar surface area (TPSA) is 46.1 Å². The average molecular weight is 290 g/mol. The van der Waals surface area contributed by atoms with Crippen LogP contribution in [0.5, 0.6) is 0 Å². The van der Waals surface area contributed by atoms with E-state index in [0.717, 1.165) is 17.8 Å². The van der Waals surface area contributed by atoms with E-state index in [4.69, 9.17) is 11.6 Å². The fraction of sp³-hybridized carbons (Fsp3) is 0.267. The maximum atomic E-state index is 12.4. The number of nitrogens with zero attached hydrogens (tertiary/aromatic N) is 3. The van der Waals surface area contributed by atoms with Crippen LogP contribution in [-0.4, -0.2) is 27.8 Å². The normalized spacial score (nSPS) is 10.3. The van der Waals surface area contributed by atoms with Crippen LogP contribution in [0.4, 0.5) is 0 Å². The third kappa shape index (κ3) is 3.54. The number of carbonyl (C=O) groups is 1. The number of hydrogen-bond acceptors (Lipinski definition) is 3. The van der Waals surface area contributed by atoms with Gasteiger partial charge in [0.05, 0.1) is 12.2 Å². The summed E-state index contributed by atoms with van der Waals surface area (Å²) in [5.74, 6) is -0.0883. The summed E-state index contributed by atoms with van der Waals surface area (Å²) in [7, 11) is 1.75. The second-order valence-electron chi connectivity index (χ2n) is 4.51. The van der Waals surface area contributed by atoms with Crippen molar-refractivity contribution in [3.63, 3.8) is 0 Å². The summed E-state index contributed by atoms with van der Waals surface area (Å²) in [6, 6.07) is 9.02. The number of aryl methyl sites for hydroxylation is 1. The summed E-state index contributed by atoms with van der Waals surface area (Å²) in [5.41, 5.74) is 2.21. The molecule has 2 aromatic heterocycles. The van der Waals surface area contributed by atoms with Gasteiger partial charge in [0.2, 0.25) is 0 Å². The second-order valence-corrected chi connectivity index (χ2v) is 4.89. The Balaban J connectivity index is 2.16. The molecule has 104 valence electrons. The minimum atomic E-state index is -0.0883. The van der Waals surface area contributed by atoms with Crippen LogP contribution in [0.1, 0.15) is 28.7 Å². The summed E-state index contributed by atoms with van der Waals surface area (Å²) >= 11 is 5.94. The van der Waals surface area contributed by atoms with Gasteiger partial charge in [0, 0.05) is 24.5 Å². The van der Waals surface area contributed by atoms with Gasteiger partial charge in [-0.25, -0.2) is 4.98 Å². The molecule has 0 unspecified atom stereocenters. The quantitative estimate of drug-likeness (QED) is 0.813. The van der Waals surface area contributed by atoms with Crippen molar-refractivity contribution in [1.82, 2.24) is 14.9 Å². The first-order valence-corrected chi connectivity index (χ1v) is 6.79. The molecule has 0 aliphatic carbocycles. The van der Waals surface area contributed by atoms with Crippen LogP contribution in [0.25, 0.3) is 0 Å². The van der Waals surface area contributed by atoms with Crippen LogP contribution in [-0.2, 0) is 13.0 Å². The van der Waals surface area contributed by atoms with Crippen LogP contribution in [0.15, 0.2) is 36.5 Å². The van der Waals surface area contributed by atoms with Gasteiger partial charge in [-0.1, -0.05) is 24.6 Å². The zero-order valence-corrected chi connectivity index (χ0v) is 12.3. The summed E-state index contributed by atoms with van der Waals surface area (Å²) < 4.78 is 0. The van der Waals surface area contributed by atoms with Crippen LogP contribution in [0.3, 0.4) is 0 Å². The van der Waals surface area contributed by atoms with E-state index in [1.165, 1.54) is 0 Å². The van der Waals surface area contributed by atoms with E-state index < -0.39 is 0 Å². The van der Waals surface area contributed by atoms with E-state index >= 15 is 0 Å². The highest BCUT2D eigenvalue weighted by Crippen LogP contribution is 2.14. The Bertz CT molecular complexity index is 601. The molecule has 0 aromatic carbocycles. The Kier molecular flexibility index (Phi) is 4.69. The molecule has 2 aromatic rings. The zero-order chi connectivity index (χ0) is 14.5. The molecule has 0 fully saturated rings. The van der Waals surface area contributed by atoms with E-state index in [1.54, 1.807) is 30.3 Å². The first kappa shape index (κ1) is 14.5. The Labute approximate surface area is 123 Å². The lowest BCUT2D eigenvalue weighted by Gasteiger charge is -2.17. The fourth-order valence-electron chi connectivity index (χ4n) is 1.88. The van der Waals surface area contributed by atoms with Crippen molar-refractivity contribution in [2.45, 2.75) is 19.9 Å². The Hall–Kier alpha value is -1.94. The Morgan fingerprint density at radius 1 is 1.30 bits per heavy atom. The SMILES string of the molecule is CCc1cc(C(=O)N(C)Cc2ccccn2)cc(Cl)n1. The molecule has 4 nitrogen and oxygen atoms in total. The van der Waals surface area contributed by atoms with Crippen LogP contribution < -0.4 is 0 Å². The Morgan fingerprint density at radius 3 is 2.75 bits per heavy atom. The van der Waals surface area contributed by atoms with E-state index in [1.807, 2.05) is 25.1 Å². The summed E-state index contributed by atoms with van der Waals surface area (Å²) in [4.78, 5) is 22.4. The maximum Gasteiger partial charge on any atom is 0.254 e. The number of carbonyl (C=O) groups excluding carboxylic acids is 1. The van der Waals surface area contributed by atoms with Crippen molar-refractivity contribution >= 4 is 17.5 Å². The lowest BCUT2D eigenvalue weighted by Crippen LogP contribution is -2.26. The molecule has 0 saturated heterocycles. The van der Waals surface area contributed by atoms with Crippen molar-refractivity contribution in [1.29, 1.82) is 0 Å². The van der Waals surface area contributed by atoms with Crippen molar-refractivity contribution < 1.29 is 4.79 Å². The van der Waals surface area contributed by atoms with E-state index in [2.05, 4.69) is 9.97 Å². The monoisotopic (exact) mass is 289 g/mol. The van der Waals surface area contributed by atoms with Crippen LogP contribution in [0, 0.1) is 0 Å². The van der Waals surface area contributed by atoms with Gasteiger partial charge in [-0.3, -0.25) is 9.78 Å². The molecular weight excluding hydrogens is 274 g/mol. The molecule has 20 heavy (non-hydrogen) atoms. The predicted octanol–water partition coefficient (Wildman–Crippen LogP) is 2.96. The lowest BCUT2D eigenvalue weighted by molar-refractivity contribution is 0.0783. The van der Waals surface area contributed by atoms with Crippen molar-refractivity contribution in [3.8, 4) is 0 Å². The number of rotatable bonds is 4. The zero-order valence-electron chi connectivity index (χ0n) is 11.5. The minimum Gasteiger partial charge on any atom is -0.336 e. The molecule has 0 atom stereocenters. The van der Waals surface area contributed by atoms with Crippen LogP contribution >= 0.6 is 11.6 Å². The highest BCUT2D eigenvalue weighted by molar-refractivity contribution is 6.29. The number of halogens is 1. The molecule has 5 heteroatoms. The largest absolute Gasteiger partial charge is 0.336 e. The van der Waals surface area contributed by atoms with Crippen molar-refractivity contribution in [2.75, 3.05) is 7.05 Å². The maximum absolute atomic E-state index is 12.4. The molecule has 2 rings (SSSR count). The van der Waals surface area contributed by atoms with Crippen molar-refractivity contribution in [2.24, 2.45) is 0 Å². The number of hydrogen-bond donors (Lipinski definition) is 0. The van der Waals surface area contributed by atoms with E-state index in [9.17, 15) is 4.79 Å². The minimum absolute atomic E-state index is 0.0883. The average Bonchev–Trinajstić information content (AvgIpc) is 2.46. The van der Waals surface area contributed by atoms with Gasteiger partial charge in [0.25, 0.3) is 5.91 Å². The van der Waals surface area contributed by atoms with Gasteiger partial charge in [-0.15, -0.1) is 0 Å². The van der Waals surface area contributed by atoms with Gasteiger partial charge in [-0.05, 0) is 30.7 Å². The lowest BCUT2D eigenvalue weighted by atomic mass is 10.2. The molecule has 0 aliphatic rings. The molecule has 0 spiro atoms. The van der Waals surface area contributed by atoms with Gasteiger partial charge in [0.1, 0.15) is 5.15 Å². The molecule has 0 aliphatic heterocycles. The fourth-order valence-corrected chi connectivity index (χ4v) is 2.11. The molecular formula is C15H16ClN3O. The smallest absolute Gasteiger partial charge is 0.254 e. The van der Waals surface area contributed by atoms with Gasteiger partial charge < -0.3 is 4.90 Å². The molecule has 0 saturated carbocycles. The Morgan fingerprint density at radius 2 is 2.10 bits per heavy atom. The number of pyridine rings is 2. The first-order valence-electron chi connectivity index (χ1n) is 6.42. The highest BCUT2D eigenvalue weighted by atomic mass is 35.5. The summed E-state index contributed by atoms with van der Waals surface area (Å²) in [6.45, 7) is 2.44. The molecule has 0 radical (unpaired) electrons. The molecule has 1 amide bonds. The van der Waals surface area contributed by atoms with Gasteiger partial charge >= 0.3 is 0 Å². The summed E-state index contributed by atoms with van der Waals surface area (Å²) in [6.07, 6.45) is 2.46. The second kappa shape index (κ2) is 6.48. The van der Waals surface area contributed by atoms with E-state index in [-0.39, 0.29) is 5.91 Å². The third-order valence-electron chi connectivity index (χ3n) is 2.93. The molecule has 0 N–H and O–H groups in total. The standard InChI is InChI=1S/C15H16ClN3O/c1-3-12-8-11(9-14(16)18-12)15(20)19(2)10-13-6-4-5-7-17-13/h4-9H,3,10H2,1-2H3. The molecule has 0 bridgehead atoms. The van der Waals surface area contributed by atoms with Gasteiger partial charge in [-0.2, -0.15) is 0 Å². The first-order chi connectivity index (χ1) is 9.60. The van der Waals surface area contributed by atoms with Crippen molar-refractivity contribution in [3.05, 3.63) is 58.6 Å². The van der Waals surface area contributed by atoms with E-state index in [0.29, 0.717) is 17.3 Å². The molecule has 2 heterocycles. The number of amides is 1. The highest BCUT2D eigenvalue weighted by Gasteiger charge is 2.14. The summed E-state index contributed by atoms with van der Waals surface area (Å²) in [5, 5.41) is 0.346. The predicted molar refractivity (Wildman–Crippen MR) is 78.7 cm³/mol. The van der Waals surface area contributed by atoms with Gasteiger partial charge in [0.15, 0.2) is 0 Å². The number of aromatic nitrogens is 2.